The summed E-state index contributed by atoms with van der Waals surface area (Å²) in [5.41, 5.74) is 1.40. The highest BCUT2D eigenvalue weighted by Gasteiger charge is 2.10. The maximum absolute atomic E-state index is 9.90. The molecule has 0 saturated carbocycles. The Labute approximate surface area is 96.3 Å². The van der Waals surface area contributed by atoms with Gasteiger partial charge >= 0.3 is 0 Å². The fourth-order valence-corrected chi connectivity index (χ4v) is 2.30. The Hall–Kier alpha value is -1.06. The summed E-state index contributed by atoms with van der Waals surface area (Å²) in [6.07, 6.45) is 0. The SMILES string of the molecule is OCc1cc2ccccc2c(CBr)c1O. The molecular formula is C12H11BrO2. The van der Waals surface area contributed by atoms with Crippen LogP contribution in [0.2, 0.25) is 0 Å². The number of benzene rings is 2. The number of alkyl halides is 1. The lowest BCUT2D eigenvalue weighted by molar-refractivity contribution is 0.275. The molecule has 0 unspecified atom stereocenters. The first-order valence-corrected chi connectivity index (χ1v) is 5.79. The summed E-state index contributed by atoms with van der Waals surface area (Å²) in [4.78, 5) is 0. The lowest BCUT2D eigenvalue weighted by Crippen LogP contribution is -1.91. The first kappa shape index (κ1) is 10.5. The smallest absolute Gasteiger partial charge is 0.125 e. The maximum Gasteiger partial charge on any atom is 0.125 e. The predicted molar refractivity (Wildman–Crippen MR) is 64.2 cm³/mol. The van der Waals surface area contributed by atoms with Crippen molar-refractivity contribution < 1.29 is 10.2 Å². The summed E-state index contributed by atoms with van der Waals surface area (Å²) in [6.45, 7) is -0.142. The summed E-state index contributed by atoms with van der Waals surface area (Å²) >= 11 is 3.35. The molecule has 2 aromatic rings. The minimum atomic E-state index is -0.142. The third-order valence-electron chi connectivity index (χ3n) is 2.51. The molecule has 0 spiro atoms. The lowest BCUT2D eigenvalue weighted by atomic mass is 10.0. The van der Waals surface area contributed by atoms with Crippen molar-refractivity contribution in [2.45, 2.75) is 11.9 Å². The Morgan fingerprint density at radius 3 is 2.60 bits per heavy atom. The van der Waals surface area contributed by atoms with Crippen molar-refractivity contribution in [3.8, 4) is 5.75 Å². The molecule has 2 aromatic carbocycles. The zero-order valence-corrected chi connectivity index (χ0v) is 9.66. The predicted octanol–water partition coefficient (Wildman–Crippen LogP) is 2.93. The maximum atomic E-state index is 9.90. The molecule has 0 aliphatic carbocycles. The molecule has 0 aliphatic rings. The van der Waals surface area contributed by atoms with Gasteiger partial charge in [0.25, 0.3) is 0 Å². The molecule has 0 amide bonds. The lowest BCUT2D eigenvalue weighted by Gasteiger charge is -2.10. The van der Waals surface area contributed by atoms with Crippen molar-refractivity contribution in [1.82, 2.24) is 0 Å². The normalized spacial score (nSPS) is 10.8. The fraction of sp³-hybridized carbons (Fsp3) is 0.167. The van der Waals surface area contributed by atoms with Crippen LogP contribution in [0.25, 0.3) is 10.8 Å². The number of hydrogen-bond acceptors (Lipinski definition) is 2. The molecule has 0 bridgehead atoms. The molecule has 2 nitrogen and oxygen atoms in total. The second-order valence-corrected chi connectivity index (χ2v) is 3.94. The fourth-order valence-electron chi connectivity index (χ4n) is 1.73. The van der Waals surface area contributed by atoms with E-state index in [2.05, 4.69) is 15.9 Å². The Bertz CT molecular complexity index is 494. The summed E-state index contributed by atoms with van der Waals surface area (Å²) in [7, 11) is 0. The van der Waals surface area contributed by atoms with E-state index in [-0.39, 0.29) is 12.4 Å². The van der Waals surface area contributed by atoms with Crippen LogP contribution >= 0.6 is 15.9 Å². The van der Waals surface area contributed by atoms with Gasteiger partial charge in [-0.3, -0.25) is 0 Å². The average molecular weight is 267 g/mol. The van der Waals surface area contributed by atoms with Crippen LogP contribution in [-0.2, 0) is 11.9 Å². The van der Waals surface area contributed by atoms with Gasteiger partial charge in [0.05, 0.1) is 6.61 Å². The molecule has 0 heterocycles. The number of halogens is 1. The molecule has 0 aliphatic heterocycles. The molecule has 3 heteroatoms. The van der Waals surface area contributed by atoms with Crippen molar-refractivity contribution in [2.75, 3.05) is 0 Å². The highest BCUT2D eigenvalue weighted by Crippen LogP contribution is 2.32. The topological polar surface area (TPSA) is 40.5 Å². The summed E-state index contributed by atoms with van der Waals surface area (Å²) < 4.78 is 0. The quantitative estimate of drug-likeness (QED) is 0.821. The summed E-state index contributed by atoms with van der Waals surface area (Å²) in [5, 5.41) is 21.6. The van der Waals surface area contributed by atoms with Crippen LogP contribution in [0.1, 0.15) is 11.1 Å². The Kier molecular flexibility index (Phi) is 2.93. The first-order valence-electron chi connectivity index (χ1n) is 4.67. The van der Waals surface area contributed by atoms with E-state index in [1.165, 1.54) is 0 Å². The van der Waals surface area contributed by atoms with E-state index in [1.54, 1.807) is 0 Å². The van der Waals surface area contributed by atoms with Gasteiger partial charge in [0.15, 0.2) is 0 Å². The van der Waals surface area contributed by atoms with Crippen LogP contribution in [0, 0.1) is 0 Å². The number of aliphatic hydroxyl groups excluding tert-OH is 1. The number of phenols is 1. The van der Waals surface area contributed by atoms with E-state index in [9.17, 15) is 5.11 Å². The summed E-state index contributed by atoms with van der Waals surface area (Å²) in [6, 6.07) is 9.63. The minimum Gasteiger partial charge on any atom is -0.507 e. The largest absolute Gasteiger partial charge is 0.507 e. The highest BCUT2D eigenvalue weighted by molar-refractivity contribution is 9.08. The van der Waals surface area contributed by atoms with E-state index in [4.69, 9.17) is 5.11 Å². The molecule has 0 saturated heterocycles. The van der Waals surface area contributed by atoms with E-state index in [0.717, 1.165) is 16.3 Å². The van der Waals surface area contributed by atoms with Crippen LogP contribution in [-0.4, -0.2) is 10.2 Å². The van der Waals surface area contributed by atoms with E-state index in [0.29, 0.717) is 10.9 Å². The Morgan fingerprint density at radius 1 is 1.20 bits per heavy atom. The molecule has 0 radical (unpaired) electrons. The Morgan fingerprint density at radius 2 is 1.93 bits per heavy atom. The number of rotatable bonds is 2. The van der Waals surface area contributed by atoms with Crippen molar-refractivity contribution in [1.29, 1.82) is 0 Å². The van der Waals surface area contributed by atoms with Crippen LogP contribution in [0.3, 0.4) is 0 Å². The van der Waals surface area contributed by atoms with E-state index in [1.807, 2.05) is 30.3 Å². The monoisotopic (exact) mass is 266 g/mol. The third-order valence-corrected chi connectivity index (χ3v) is 3.07. The number of aromatic hydroxyl groups is 1. The van der Waals surface area contributed by atoms with Gasteiger partial charge in [-0.05, 0) is 16.8 Å². The second kappa shape index (κ2) is 4.21. The molecular weight excluding hydrogens is 256 g/mol. The first-order chi connectivity index (χ1) is 7.27. The second-order valence-electron chi connectivity index (χ2n) is 3.38. The Balaban J connectivity index is 2.83. The molecule has 0 aromatic heterocycles. The van der Waals surface area contributed by atoms with Gasteiger partial charge in [-0.2, -0.15) is 0 Å². The molecule has 15 heavy (non-hydrogen) atoms. The molecule has 0 atom stereocenters. The zero-order valence-electron chi connectivity index (χ0n) is 8.07. The average Bonchev–Trinajstić information content (AvgIpc) is 2.28. The molecule has 78 valence electrons. The van der Waals surface area contributed by atoms with E-state index < -0.39 is 0 Å². The van der Waals surface area contributed by atoms with Gasteiger partial charge in [-0.15, -0.1) is 0 Å². The highest BCUT2D eigenvalue weighted by atomic mass is 79.9. The van der Waals surface area contributed by atoms with Gasteiger partial charge in [-0.1, -0.05) is 40.2 Å². The number of aliphatic hydroxyl groups is 1. The number of hydrogen-bond donors (Lipinski definition) is 2. The van der Waals surface area contributed by atoms with Crippen LogP contribution < -0.4 is 0 Å². The van der Waals surface area contributed by atoms with Gasteiger partial charge in [0.1, 0.15) is 5.75 Å². The molecule has 0 fully saturated rings. The standard InChI is InChI=1S/C12H11BrO2/c13-6-11-10-4-2-1-3-8(10)5-9(7-14)12(11)15/h1-5,14-15H,6-7H2. The van der Waals surface area contributed by atoms with Gasteiger partial charge in [0.2, 0.25) is 0 Å². The molecule has 2 N–H and O–H groups in total. The van der Waals surface area contributed by atoms with Crippen molar-refractivity contribution in [3.63, 3.8) is 0 Å². The third kappa shape index (κ3) is 1.73. The summed E-state index contributed by atoms with van der Waals surface area (Å²) in [5.74, 6) is 0.188. The van der Waals surface area contributed by atoms with Crippen molar-refractivity contribution >= 4 is 26.7 Å². The van der Waals surface area contributed by atoms with Gasteiger partial charge in [0, 0.05) is 16.5 Å². The van der Waals surface area contributed by atoms with Crippen molar-refractivity contribution in [2.24, 2.45) is 0 Å². The number of fused-ring (bicyclic) bond motifs is 1. The van der Waals surface area contributed by atoms with E-state index >= 15 is 0 Å². The van der Waals surface area contributed by atoms with Gasteiger partial charge in [-0.25, -0.2) is 0 Å². The van der Waals surface area contributed by atoms with Crippen molar-refractivity contribution in [3.05, 3.63) is 41.5 Å². The van der Waals surface area contributed by atoms with Crippen LogP contribution in [0.15, 0.2) is 30.3 Å². The zero-order chi connectivity index (χ0) is 10.8. The molecule has 2 rings (SSSR count). The van der Waals surface area contributed by atoms with Crippen LogP contribution in [0.5, 0.6) is 5.75 Å². The van der Waals surface area contributed by atoms with Crippen LogP contribution in [0.4, 0.5) is 0 Å². The van der Waals surface area contributed by atoms with Gasteiger partial charge < -0.3 is 10.2 Å². The minimum absolute atomic E-state index is 0.142.